The van der Waals surface area contributed by atoms with Crippen LogP contribution in [0.5, 0.6) is 0 Å². The highest BCUT2D eigenvalue weighted by Crippen LogP contribution is 2.47. The Labute approximate surface area is 205 Å². The van der Waals surface area contributed by atoms with E-state index in [-0.39, 0.29) is 24.3 Å². The smallest absolute Gasteiger partial charge is 0.264 e. The van der Waals surface area contributed by atoms with Crippen molar-refractivity contribution in [3.63, 3.8) is 0 Å². The van der Waals surface area contributed by atoms with Crippen LogP contribution in [0.25, 0.3) is 10.8 Å². The fourth-order valence-electron chi connectivity index (χ4n) is 6.56. The van der Waals surface area contributed by atoms with Crippen LogP contribution in [-0.4, -0.2) is 50.0 Å². The van der Waals surface area contributed by atoms with Crippen LogP contribution in [-0.2, 0) is 26.3 Å². The Balaban J connectivity index is 1.24. The molecule has 6 rings (SSSR count). The monoisotopic (exact) mass is 469 g/mol. The molecule has 35 heavy (non-hydrogen) atoms. The van der Waals surface area contributed by atoms with Crippen molar-refractivity contribution >= 4 is 28.3 Å². The molecule has 2 heterocycles. The highest BCUT2D eigenvalue weighted by atomic mass is 16.5. The minimum Gasteiger partial charge on any atom is -0.363 e. The van der Waals surface area contributed by atoms with E-state index in [0.717, 1.165) is 43.6 Å². The molecule has 0 radical (unpaired) electrons. The average Bonchev–Trinajstić information content (AvgIpc) is 3.39. The number of ether oxygens (including phenoxy) is 1. The first kappa shape index (κ1) is 22.3. The maximum atomic E-state index is 13.9. The Hall–Kier alpha value is -3.22. The summed E-state index contributed by atoms with van der Waals surface area (Å²) in [4.78, 5) is 30.8. The molecule has 2 aliphatic heterocycles. The summed E-state index contributed by atoms with van der Waals surface area (Å²) in [5.74, 6) is -0.331. The van der Waals surface area contributed by atoms with Gasteiger partial charge in [-0.1, -0.05) is 54.6 Å². The number of rotatable bonds is 5. The molecule has 0 bridgehead atoms. The summed E-state index contributed by atoms with van der Waals surface area (Å²) in [7, 11) is 3.12. The van der Waals surface area contributed by atoms with Gasteiger partial charge < -0.3 is 15.0 Å². The topological polar surface area (TPSA) is 61.9 Å². The molecule has 3 aliphatic rings. The van der Waals surface area contributed by atoms with Gasteiger partial charge in [-0.25, -0.2) is 0 Å². The summed E-state index contributed by atoms with van der Waals surface area (Å²) in [6.45, 7) is 1.86. The van der Waals surface area contributed by atoms with E-state index in [4.69, 9.17) is 4.74 Å². The zero-order chi connectivity index (χ0) is 24.2. The Morgan fingerprint density at radius 2 is 1.80 bits per heavy atom. The number of nitrogens with one attached hydrogen (secondary N) is 1. The van der Waals surface area contributed by atoms with Gasteiger partial charge in [-0.2, -0.15) is 0 Å². The number of methoxy groups -OCH3 is 1. The second-order valence-electron chi connectivity index (χ2n) is 9.92. The number of hydrogen-bond acceptors (Lipinski definition) is 4. The third-order valence-electron chi connectivity index (χ3n) is 8.30. The number of anilines is 1. The van der Waals surface area contributed by atoms with E-state index < -0.39 is 5.60 Å². The predicted molar refractivity (Wildman–Crippen MR) is 136 cm³/mol. The second-order valence-corrected chi connectivity index (χ2v) is 9.92. The number of nitrogens with zero attached hydrogens (tertiary/aromatic N) is 2. The molecule has 3 aromatic carbocycles. The summed E-state index contributed by atoms with van der Waals surface area (Å²) in [6.07, 6.45) is 2.81. The standard InChI is InChI=1S/C29H31N3O3/c1-30-26(33)18-29(35-2)23-11-3-4-12-24(23)32(28(29)34)21-13-15-31(16-14-21)25-17-20-9-5-7-19-8-6-10-22(25)27(19)20/h3-12,21,25H,13-18H2,1-2H3,(H,30,33)/t25-,29?/m1/s1. The Bertz CT molecular complexity index is 1310. The highest BCUT2D eigenvalue weighted by Gasteiger charge is 2.54. The van der Waals surface area contributed by atoms with Crippen molar-refractivity contribution in [3.8, 4) is 0 Å². The molecule has 1 aliphatic carbocycles. The van der Waals surface area contributed by atoms with Gasteiger partial charge >= 0.3 is 0 Å². The van der Waals surface area contributed by atoms with Crippen LogP contribution in [0.4, 0.5) is 5.69 Å². The summed E-state index contributed by atoms with van der Waals surface area (Å²) in [5, 5.41) is 5.40. The minimum atomic E-state index is -1.27. The number of fused-ring (bicyclic) bond motifs is 1. The molecule has 0 saturated carbocycles. The number of piperidine rings is 1. The van der Waals surface area contributed by atoms with E-state index in [1.165, 1.54) is 29.0 Å². The number of para-hydroxylation sites is 1. The fraction of sp³-hybridized carbons (Fsp3) is 0.379. The molecule has 0 aromatic heterocycles. The lowest BCUT2D eigenvalue weighted by Crippen LogP contribution is -2.51. The lowest BCUT2D eigenvalue weighted by molar-refractivity contribution is -0.146. The first-order valence-corrected chi connectivity index (χ1v) is 12.5. The largest absolute Gasteiger partial charge is 0.363 e. The van der Waals surface area contributed by atoms with E-state index in [0.29, 0.717) is 6.04 Å². The van der Waals surface area contributed by atoms with Gasteiger partial charge in [-0.05, 0) is 47.2 Å². The Morgan fingerprint density at radius 1 is 1.06 bits per heavy atom. The van der Waals surface area contributed by atoms with Crippen LogP contribution in [0.3, 0.4) is 0 Å². The first-order chi connectivity index (χ1) is 17.1. The van der Waals surface area contributed by atoms with E-state index in [2.05, 4.69) is 46.6 Å². The van der Waals surface area contributed by atoms with Crippen LogP contribution >= 0.6 is 0 Å². The molecular weight excluding hydrogens is 438 g/mol. The van der Waals surface area contributed by atoms with Gasteiger partial charge in [0.25, 0.3) is 5.91 Å². The molecule has 3 aromatic rings. The molecule has 6 heteroatoms. The van der Waals surface area contributed by atoms with Gasteiger partial charge in [0.2, 0.25) is 5.91 Å². The molecule has 0 spiro atoms. The van der Waals surface area contributed by atoms with Crippen molar-refractivity contribution < 1.29 is 14.3 Å². The van der Waals surface area contributed by atoms with Crippen molar-refractivity contribution in [2.75, 3.05) is 32.1 Å². The molecule has 1 unspecified atom stereocenters. The number of hydrogen-bond donors (Lipinski definition) is 1. The van der Waals surface area contributed by atoms with Gasteiger partial charge in [-0.15, -0.1) is 0 Å². The number of benzene rings is 3. The van der Waals surface area contributed by atoms with Crippen LogP contribution in [0.1, 0.15) is 42.0 Å². The quantitative estimate of drug-likeness (QED) is 0.615. The Morgan fingerprint density at radius 3 is 2.54 bits per heavy atom. The van der Waals surface area contributed by atoms with Crippen molar-refractivity contribution in [1.29, 1.82) is 0 Å². The van der Waals surface area contributed by atoms with E-state index in [9.17, 15) is 9.59 Å². The van der Waals surface area contributed by atoms with Crippen molar-refractivity contribution in [2.24, 2.45) is 0 Å². The highest BCUT2D eigenvalue weighted by molar-refractivity contribution is 6.09. The van der Waals surface area contributed by atoms with Crippen LogP contribution in [0.2, 0.25) is 0 Å². The Kier molecular flexibility index (Phi) is 5.38. The predicted octanol–water partition coefficient (Wildman–Crippen LogP) is 3.93. The van der Waals surface area contributed by atoms with Gasteiger partial charge in [-0.3, -0.25) is 14.5 Å². The molecule has 2 atom stereocenters. The van der Waals surface area contributed by atoms with Crippen LogP contribution in [0.15, 0.2) is 60.7 Å². The van der Waals surface area contributed by atoms with Gasteiger partial charge in [0.1, 0.15) is 0 Å². The SMILES string of the molecule is CNC(=O)CC1(OC)C(=O)N(C2CCN([C@@H]3Cc4cccc5cccc3c45)CC2)c2ccccc21. The molecule has 1 saturated heterocycles. The normalized spacial score (nSPS) is 24.2. The van der Waals surface area contributed by atoms with Gasteiger partial charge in [0.15, 0.2) is 5.60 Å². The molecule has 6 nitrogen and oxygen atoms in total. The van der Waals surface area contributed by atoms with Crippen LogP contribution < -0.4 is 10.2 Å². The maximum Gasteiger partial charge on any atom is 0.264 e. The summed E-state index contributed by atoms with van der Waals surface area (Å²) < 4.78 is 5.84. The molecule has 2 amide bonds. The minimum absolute atomic E-state index is 0.0183. The number of likely N-dealkylation sites (tertiary alicyclic amines) is 1. The van der Waals surface area contributed by atoms with E-state index in [1.54, 1.807) is 7.05 Å². The summed E-state index contributed by atoms with van der Waals surface area (Å²) in [5.41, 5.74) is 3.27. The van der Waals surface area contributed by atoms with E-state index >= 15 is 0 Å². The molecular formula is C29H31N3O3. The number of carbonyl (C=O) groups excluding carboxylic acids is 2. The fourth-order valence-corrected chi connectivity index (χ4v) is 6.56. The summed E-state index contributed by atoms with van der Waals surface area (Å²) in [6, 6.07) is 21.5. The molecule has 180 valence electrons. The zero-order valence-corrected chi connectivity index (χ0v) is 20.3. The van der Waals surface area contributed by atoms with Crippen molar-refractivity contribution in [1.82, 2.24) is 10.2 Å². The molecule has 1 fully saturated rings. The van der Waals surface area contributed by atoms with Crippen molar-refractivity contribution in [2.45, 2.75) is 43.4 Å². The van der Waals surface area contributed by atoms with Gasteiger partial charge in [0.05, 0.1) is 12.1 Å². The second kappa shape index (κ2) is 8.47. The number of amides is 2. The van der Waals surface area contributed by atoms with Gasteiger partial charge in [0, 0.05) is 44.9 Å². The molecule has 1 N–H and O–H groups in total. The van der Waals surface area contributed by atoms with E-state index in [1.807, 2.05) is 29.2 Å². The lowest BCUT2D eigenvalue weighted by Gasteiger charge is -2.40. The average molecular weight is 470 g/mol. The number of carbonyl (C=O) groups is 2. The summed E-state index contributed by atoms with van der Waals surface area (Å²) >= 11 is 0. The maximum absolute atomic E-state index is 13.9. The third-order valence-corrected chi connectivity index (χ3v) is 8.30. The third kappa shape index (κ3) is 3.31. The zero-order valence-electron chi connectivity index (χ0n) is 20.3. The lowest BCUT2D eigenvalue weighted by atomic mass is 9.91. The first-order valence-electron chi connectivity index (χ1n) is 12.5. The van der Waals surface area contributed by atoms with Crippen molar-refractivity contribution in [3.05, 3.63) is 77.4 Å². The van der Waals surface area contributed by atoms with Crippen LogP contribution in [0, 0.1) is 0 Å².